The van der Waals surface area contributed by atoms with Crippen molar-refractivity contribution < 1.29 is 33.6 Å². The fraction of sp³-hybridized carbons (Fsp3) is 0.273. The molecule has 2 aliphatic rings. The summed E-state index contributed by atoms with van der Waals surface area (Å²) in [5.41, 5.74) is 1.77. The van der Waals surface area contributed by atoms with Crippen molar-refractivity contribution in [1.29, 1.82) is 0 Å². The molecule has 1 atom stereocenters. The lowest BCUT2D eigenvalue weighted by Gasteiger charge is -2.24. The molecule has 0 aliphatic carbocycles. The molecule has 13 heteroatoms. The van der Waals surface area contributed by atoms with Crippen molar-refractivity contribution in [2.45, 2.75) is 36.4 Å². The summed E-state index contributed by atoms with van der Waals surface area (Å²) >= 11 is 8.65. The normalized spacial score (nSPS) is 16.9. The number of carbonyl (C=O) groups is 2. The highest BCUT2D eigenvalue weighted by Gasteiger charge is 2.48. The highest BCUT2D eigenvalue weighted by Crippen LogP contribution is 2.46. The Labute approximate surface area is 278 Å². The van der Waals surface area contributed by atoms with Gasteiger partial charge in [-0.15, -0.1) is 10.2 Å². The number of benzene rings is 3. The third kappa shape index (κ3) is 6.51. The molecule has 4 aromatic rings. The lowest BCUT2D eigenvalue weighted by atomic mass is 9.95. The first-order valence-corrected chi connectivity index (χ1v) is 16.9. The molecular formula is C33H30ClN3O7S2. The molecule has 0 saturated carbocycles. The number of rotatable bonds is 11. The van der Waals surface area contributed by atoms with Crippen LogP contribution in [0.3, 0.4) is 0 Å². The van der Waals surface area contributed by atoms with Crippen molar-refractivity contribution in [1.82, 2.24) is 10.2 Å². The molecule has 0 bridgehead atoms. The average Bonchev–Trinajstić information content (AvgIpc) is 3.65. The van der Waals surface area contributed by atoms with Crippen molar-refractivity contribution in [3.63, 3.8) is 0 Å². The third-order valence-electron chi connectivity index (χ3n) is 7.18. The van der Waals surface area contributed by atoms with Crippen LogP contribution in [-0.4, -0.2) is 53.4 Å². The number of ketones is 1. The lowest BCUT2D eigenvalue weighted by Crippen LogP contribution is -2.29. The van der Waals surface area contributed by atoms with Gasteiger partial charge in [0.25, 0.3) is 5.78 Å². The quantitative estimate of drug-likeness (QED) is 0.0579. The van der Waals surface area contributed by atoms with E-state index in [9.17, 15) is 14.7 Å². The third-order valence-corrected chi connectivity index (χ3v) is 9.56. The number of halogens is 1. The Morgan fingerprint density at radius 2 is 1.78 bits per heavy atom. The van der Waals surface area contributed by atoms with Crippen molar-refractivity contribution in [3.05, 3.63) is 87.9 Å². The van der Waals surface area contributed by atoms with Crippen LogP contribution in [0.2, 0.25) is 5.02 Å². The molecule has 1 fully saturated rings. The number of aliphatic hydroxyl groups is 1. The Bertz CT molecular complexity index is 1790. The number of aliphatic hydroxyl groups excluding tert-OH is 1. The molecule has 1 amide bonds. The number of ether oxygens (including phenoxy) is 4. The Hall–Kier alpha value is -4.26. The first kappa shape index (κ1) is 31.7. The van der Waals surface area contributed by atoms with Crippen LogP contribution in [0.1, 0.15) is 43.0 Å². The van der Waals surface area contributed by atoms with Gasteiger partial charge in [0.2, 0.25) is 5.13 Å². The number of hydrogen-bond acceptors (Lipinski definition) is 11. The van der Waals surface area contributed by atoms with E-state index in [-0.39, 0.29) is 16.5 Å². The summed E-state index contributed by atoms with van der Waals surface area (Å²) in [4.78, 5) is 28.8. The molecule has 0 radical (unpaired) electrons. The van der Waals surface area contributed by atoms with Gasteiger partial charge in [0, 0.05) is 16.3 Å². The van der Waals surface area contributed by atoms with E-state index < -0.39 is 17.7 Å². The van der Waals surface area contributed by atoms with Gasteiger partial charge >= 0.3 is 5.91 Å². The predicted molar refractivity (Wildman–Crippen MR) is 177 cm³/mol. The van der Waals surface area contributed by atoms with Crippen LogP contribution in [0, 0.1) is 0 Å². The van der Waals surface area contributed by atoms with E-state index in [1.807, 2.05) is 38.1 Å². The SMILES string of the molecule is CCCOc1ccc(C2C(=C(O)c3ccc4c(c3)OCCO4)C(=O)C(=O)N2c2nnc(SCc3ccc(Cl)cc3)s2)cc1OCC. The van der Waals surface area contributed by atoms with Crippen LogP contribution in [0.25, 0.3) is 5.76 Å². The molecule has 1 unspecified atom stereocenters. The number of Topliss-reactive ketones (excluding diaryl/α,β-unsaturated/α-hetero) is 1. The van der Waals surface area contributed by atoms with Gasteiger partial charge in [0.15, 0.2) is 27.3 Å². The van der Waals surface area contributed by atoms with Crippen LogP contribution in [0.15, 0.2) is 70.6 Å². The summed E-state index contributed by atoms with van der Waals surface area (Å²) in [6, 6.07) is 16.6. The average molecular weight is 680 g/mol. The van der Waals surface area contributed by atoms with Gasteiger partial charge in [-0.05, 0) is 66.9 Å². The Morgan fingerprint density at radius 3 is 2.54 bits per heavy atom. The number of fused-ring (bicyclic) bond motifs is 1. The summed E-state index contributed by atoms with van der Waals surface area (Å²) in [5, 5.41) is 21.1. The number of anilines is 1. The number of amides is 1. The second-order valence-electron chi connectivity index (χ2n) is 10.3. The Balaban J connectivity index is 1.42. The van der Waals surface area contributed by atoms with E-state index >= 15 is 0 Å². The summed E-state index contributed by atoms with van der Waals surface area (Å²) in [7, 11) is 0. The summed E-state index contributed by atoms with van der Waals surface area (Å²) in [5.74, 6) is 0.516. The van der Waals surface area contributed by atoms with Crippen molar-refractivity contribution in [3.8, 4) is 23.0 Å². The van der Waals surface area contributed by atoms with E-state index in [2.05, 4.69) is 10.2 Å². The van der Waals surface area contributed by atoms with E-state index in [1.54, 1.807) is 36.4 Å². The second-order valence-corrected chi connectivity index (χ2v) is 12.9. The van der Waals surface area contributed by atoms with Gasteiger partial charge in [-0.3, -0.25) is 14.5 Å². The minimum absolute atomic E-state index is 0.100. The minimum atomic E-state index is -1.03. The van der Waals surface area contributed by atoms with Crippen molar-refractivity contribution in [2.24, 2.45) is 0 Å². The number of aromatic nitrogens is 2. The molecule has 0 spiro atoms. The summed E-state index contributed by atoms with van der Waals surface area (Å²) in [6.45, 7) is 5.48. The molecule has 1 aromatic heterocycles. The molecule has 46 heavy (non-hydrogen) atoms. The molecule has 3 aromatic carbocycles. The van der Waals surface area contributed by atoms with Crippen molar-refractivity contribution in [2.75, 3.05) is 31.3 Å². The standard InChI is InChI=1S/C33H30ClN3O7S2/c1-3-13-42-23-11-7-20(16-25(23)41-4-2)28-27(29(38)21-8-12-24-26(17-21)44-15-14-43-24)30(39)31(40)37(28)32-35-36-33(46-32)45-18-19-5-9-22(34)10-6-19/h5-12,16-17,28,38H,3-4,13-15,18H2,1-2H3. The predicted octanol–water partition coefficient (Wildman–Crippen LogP) is 7.07. The van der Waals surface area contributed by atoms with Gasteiger partial charge in [0.1, 0.15) is 19.0 Å². The molecule has 238 valence electrons. The molecular weight excluding hydrogens is 650 g/mol. The Kier molecular flexibility index (Phi) is 9.67. The monoisotopic (exact) mass is 679 g/mol. The highest BCUT2D eigenvalue weighted by atomic mass is 35.5. The second kappa shape index (κ2) is 14.0. The first-order valence-electron chi connectivity index (χ1n) is 14.7. The zero-order valence-corrected chi connectivity index (χ0v) is 27.4. The zero-order chi connectivity index (χ0) is 32.2. The number of nitrogens with zero attached hydrogens (tertiary/aromatic N) is 3. The van der Waals surface area contributed by atoms with Crippen LogP contribution in [0.5, 0.6) is 23.0 Å². The smallest absolute Gasteiger partial charge is 0.301 e. The van der Waals surface area contributed by atoms with Crippen molar-refractivity contribution >= 4 is 57.3 Å². The zero-order valence-electron chi connectivity index (χ0n) is 25.0. The lowest BCUT2D eigenvalue weighted by molar-refractivity contribution is -0.132. The molecule has 1 N–H and O–H groups in total. The molecule has 6 rings (SSSR count). The maximum atomic E-state index is 13.8. The number of carbonyl (C=O) groups excluding carboxylic acids is 2. The van der Waals surface area contributed by atoms with Crippen LogP contribution < -0.4 is 23.8 Å². The molecule has 3 heterocycles. The first-order chi connectivity index (χ1) is 22.4. The van der Waals surface area contributed by atoms with E-state index in [1.165, 1.54) is 28.0 Å². The largest absolute Gasteiger partial charge is 0.507 e. The van der Waals surface area contributed by atoms with E-state index in [4.69, 9.17) is 30.5 Å². The van der Waals surface area contributed by atoms with Crippen LogP contribution in [-0.2, 0) is 15.3 Å². The fourth-order valence-corrected chi connectivity index (χ4v) is 7.02. The number of thioether (sulfide) groups is 1. The molecule has 1 saturated heterocycles. The molecule has 2 aliphatic heterocycles. The molecule has 10 nitrogen and oxygen atoms in total. The van der Waals surface area contributed by atoms with Gasteiger partial charge < -0.3 is 24.1 Å². The van der Waals surface area contributed by atoms with E-state index in [0.717, 1.165) is 12.0 Å². The van der Waals surface area contributed by atoms with E-state index in [0.29, 0.717) is 75.7 Å². The maximum Gasteiger partial charge on any atom is 0.301 e. The van der Waals surface area contributed by atoms with Crippen LogP contribution >= 0.6 is 34.7 Å². The fourth-order valence-electron chi connectivity index (χ4n) is 5.07. The van der Waals surface area contributed by atoms with Gasteiger partial charge in [-0.25, -0.2) is 0 Å². The number of hydrogen-bond donors (Lipinski definition) is 1. The minimum Gasteiger partial charge on any atom is -0.507 e. The topological polar surface area (TPSA) is 120 Å². The van der Waals surface area contributed by atoms with Gasteiger partial charge in [0.05, 0.1) is 24.8 Å². The van der Waals surface area contributed by atoms with Gasteiger partial charge in [-0.2, -0.15) is 0 Å². The Morgan fingerprint density at radius 1 is 1.00 bits per heavy atom. The summed E-state index contributed by atoms with van der Waals surface area (Å²) in [6.07, 6.45) is 0.804. The van der Waals surface area contributed by atoms with Gasteiger partial charge in [-0.1, -0.05) is 59.8 Å². The maximum absolute atomic E-state index is 13.8. The highest BCUT2D eigenvalue weighted by molar-refractivity contribution is 8.00. The van der Waals surface area contributed by atoms with Crippen LogP contribution in [0.4, 0.5) is 5.13 Å². The summed E-state index contributed by atoms with van der Waals surface area (Å²) < 4.78 is 23.7.